The van der Waals surface area contributed by atoms with Gasteiger partial charge in [-0.3, -0.25) is 4.79 Å². The molecule has 1 aliphatic rings. The predicted molar refractivity (Wildman–Crippen MR) is 124 cm³/mol. The fraction of sp³-hybridized carbons (Fsp3) is 0.208. The van der Waals surface area contributed by atoms with Gasteiger partial charge in [0, 0.05) is 16.5 Å². The summed E-state index contributed by atoms with van der Waals surface area (Å²) in [5.41, 5.74) is 3.37. The molecule has 0 aliphatic heterocycles. The third kappa shape index (κ3) is 5.11. The molecular formula is C24H18BrCl2F2NO. The molecule has 2 nitrogen and oxygen atoms in total. The van der Waals surface area contributed by atoms with Gasteiger partial charge in [0.1, 0.15) is 11.6 Å². The second kappa shape index (κ2) is 9.27. The number of hydrogen-bond donors (Lipinski definition) is 1. The molecule has 7 heteroatoms. The third-order valence-electron chi connectivity index (χ3n) is 5.33. The molecule has 4 rings (SSSR count). The van der Waals surface area contributed by atoms with Crippen LogP contribution in [0.15, 0.2) is 54.6 Å². The van der Waals surface area contributed by atoms with E-state index < -0.39 is 11.6 Å². The number of alkyl halides is 1. The SMILES string of the molecule is O=C(N[C@H](c1ccc(Cl)c(F)c1)C1CC1)c1cc(CBr)cc(-c2ccc(F)cc2Cl)c1. The number of carbonyl (C=O) groups excluding carboxylic acids is 1. The lowest BCUT2D eigenvalue weighted by atomic mass is 9.98. The van der Waals surface area contributed by atoms with Crippen molar-refractivity contribution in [1.82, 2.24) is 5.32 Å². The zero-order chi connectivity index (χ0) is 22.1. The third-order valence-corrected chi connectivity index (χ3v) is 6.60. The lowest BCUT2D eigenvalue weighted by Gasteiger charge is -2.20. The number of carbonyl (C=O) groups is 1. The van der Waals surface area contributed by atoms with Gasteiger partial charge in [-0.2, -0.15) is 0 Å². The molecule has 1 aliphatic carbocycles. The van der Waals surface area contributed by atoms with E-state index >= 15 is 0 Å². The molecule has 3 aromatic carbocycles. The van der Waals surface area contributed by atoms with Crippen LogP contribution in [0.2, 0.25) is 10.0 Å². The summed E-state index contributed by atoms with van der Waals surface area (Å²) in [6.07, 6.45) is 1.93. The van der Waals surface area contributed by atoms with E-state index in [1.807, 2.05) is 6.07 Å². The van der Waals surface area contributed by atoms with E-state index in [2.05, 4.69) is 21.2 Å². The van der Waals surface area contributed by atoms with E-state index in [0.29, 0.717) is 27.6 Å². The first-order valence-corrected chi connectivity index (χ1v) is 11.6. The summed E-state index contributed by atoms with van der Waals surface area (Å²) < 4.78 is 27.5. The van der Waals surface area contributed by atoms with Crippen LogP contribution in [0.4, 0.5) is 8.78 Å². The Morgan fingerprint density at radius 1 is 1.03 bits per heavy atom. The minimum Gasteiger partial charge on any atom is -0.345 e. The molecule has 0 aromatic heterocycles. The van der Waals surface area contributed by atoms with Crippen molar-refractivity contribution in [2.75, 3.05) is 0 Å². The quantitative estimate of drug-likeness (QED) is 0.328. The summed E-state index contributed by atoms with van der Waals surface area (Å²) in [4.78, 5) is 13.2. The largest absolute Gasteiger partial charge is 0.345 e. The van der Waals surface area contributed by atoms with Crippen LogP contribution in [-0.4, -0.2) is 5.91 Å². The molecule has 31 heavy (non-hydrogen) atoms. The molecule has 3 aromatic rings. The monoisotopic (exact) mass is 523 g/mol. The number of amides is 1. The highest BCUT2D eigenvalue weighted by Crippen LogP contribution is 2.42. The van der Waals surface area contributed by atoms with Gasteiger partial charge in [0.05, 0.1) is 16.1 Å². The fourth-order valence-electron chi connectivity index (χ4n) is 3.61. The Labute approximate surface area is 197 Å². The molecule has 0 saturated heterocycles. The van der Waals surface area contributed by atoms with Crippen LogP contribution in [0.25, 0.3) is 11.1 Å². The van der Waals surface area contributed by atoms with Crippen molar-refractivity contribution < 1.29 is 13.6 Å². The first-order valence-electron chi connectivity index (χ1n) is 9.77. The Hall–Kier alpha value is -1.95. The maximum atomic E-state index is 14.0. The van der Waals surface area contributed by atoms with Gasteiger partial charge in [0.15, 0.2) is 0 Å². The summed E-state index contributed by atoms with van der Waals surface area (Å²) >= 11 is 15.5. The van der Waals surface area contributed by atoms with Gasteiger partial charge in [-0.1, -0.05) is 51.3 Å². The van der Waals surface area contributed by atoms with Crippen LogP contribution in [0.5, 0.6) is 0 Å². The summed E-state index contributed by atoms with van der Waals surface area (Å²) in [6, 6.07) is 13.9. The Morgan fingerprint density at radius 2 is 1.81 bits per heavy atom. The smallest absolute Gasteiger partial charge is 0.251 e. The van der Waals surface area contributed by atoms with Gasteiger partial charge in [0.25, 0.3) is 5.91 Å². The zero-order valence-electron chi connectivity index (χ0n) is 16.3. The van der Waals surface area contributed by atoms with Crippen molar-refractivity contribution in [2.45, 2.75) is 24.2 Å². The molecule has 1 fully saturated rings. The first-order chi connectivity index (χ1) is 14.9. The normalized spacial score (nSPS) is 14.4. The summed E-state index contributed by atoms with van der Waals surface area (Å²) in [5, 5.41) is 3.91. The van der Waals surface area contributed by atoms with E-state index in [0.717, 1.165) is 18.4 Å². The van der Waals surface area contributed by atoms with Crippen LogP contribution >= 0.6 is 39.1 Å². The Bertz CT molecular complexity index is 1150. The van der Waals surface area contributed by atoms with Gasteiger partial charge in [-0.15, -0.1) is 0 Å². The summed E-state index contributed by atoms with van der Waals surface area (Å²) in [7, 11) is 0. The molecule has 0 spiro atoms. The van der Waals surface area contributed by atoms with E-state index in [9.17, 15) is 13.6 Å². The lowest BCUT2D eigenvalue weighted by Crippen LogP contribution is -2.30. The standard InChI is InChI=1S/C24H18BrCl2F2NO/c25-12-13-7-16(19-5-4-18(28)11-21(19)27)9-17(8-13)24(31)30-23(14-1-2-14)15-3-6-20(26)22(29)10-15/h3-11,14,23H,1-2,12H2,(H,30,31)/t23-/m0/s1. The number of rotatable bonds is 6. The number of benzene rings is 3. The second-order valence-corrected chi connectivity index (χ2v) is 9.01. The summed E-state index contributed by atoms with van der Waals surface area (Å²) in [5.74, 6) is -0.941. The van der Waals surface area contributed by atoms with Crippen molar-refractivity contribution in [3.8, 4) is 11.1 Å². The van der Waals surface area contributed by atoms with Gasteiger partial charge in [-0.25, -0.2) is 8.78 Å². The minimum absolute atomic E-state index is 0.0514. The van der Waals surface area contributed by atoms with Crippen molar-refractivity contribution in [2.24, 2.45) is 5.92 Å². The van der Waals surface area contributed by atoms with Crippen molar-refractivity contribution in [1.29, 1.82) is 0 Å². The van der Waals surface area contributed by atoms with Gasteiger partial charge < -0.3 is 5.32 Å². The van der Waals surface area contributed by atoms with Crippen molar-refractivity contribution in [3.63, 3.8) is 0 Å². The van der Waals surface area contributed by atoms with Gasteiger partial charge >= 0.3 is 0 Å². The van der Waals surface area contributed by atoms with Crippen LogP contribution in [0, 0.1) is 17.6 Å². The topological polar surface area (TPSA) is 29.1 Å². The molecule has 1 atom stereocenters. The average Bonchev–Trinajstić information content (AvgIpc) is 3.58. The second-order valence-electron chi connectivity index (χ2n) is 7.64. The minimum atomic E-state index is -0.506. The molecule has 1 N–H and O–H groups in total. The van der Waals surface area contributed by atoms with Crippen LogP contribution in [0.3, 0.4) is 0 Å². The van der Waals surface area contributed by atoms with Crippen molar-refractivity contribution >= 4 is 45.0 Å². The average molecular weight is 525 g/mol. The van der Waals surface area contributed by atoms with E-state index in [-0.39, 0.29) is 27.9 Å². The zero-order valence-corrected chi connectivity index (χ0v) is 19.4. The molecule has 1 amide bonds. The highest BCUT2D eigenvalue weighted by atomic mass is 79.9. The molecule has 160 valence electrons. The fourth-order valence-corrected chi connectivity index (χ4v) is 4.33. The first kappa shape index (κ1) is 22.3. The predicted octanol–water partition coefficient (Wildman–Crippen LogP) is 7.71. The number of hydrogen-bond acceptors (Lipinski definition) is 1. The van der Waals surface area contributed by atoms with E-state index in [1.54, 1.807) is 24.3 Å². The Kier molecular flexibility index (Phi) is 6.65. The highest BCUT2D eigenvalue weighted by Gasteiger charge is 2.34. The maximum absolute atomic E-state index is 14.0. The molecule has 1 saturated carbocycles. The van der Waals surface area contributed by atoms with Crippen LogP contribution in [0.1, 0.15) is 40.4 Å². The highest BCUT2D eigenvalue weighted by molar-refractivity contribution is 9.08. The molecule has 0 radical (unpaired) electrons. The van der Waals surface area contributed by atoms with Gasteiger partial charge in [-0.05, 0) is 77.9 Å². The molecule has 0 bridgehead atoms. The van der Waals surface area contributed by atoms with Crippen LogP contribution in [-0.2, 0) is 5.33 Å². The molecular weight excluding hydrogens is 507 g/mol. The van der Waals surface area contributed by atoms with E-state index in [1.165, 1.54) is 24.3 Å². The van der Waals surface area contributed by atoms with Crippen molar-refractivity contribution in [3.05, 3.63) is 93.0 Å². The van der Waals surface area contributed by atoms with Crippen LogP contribution < -0.4 is 5.32 Å². The Morgan fingerprint density at radius 3 is 2.45 bits per heavy atom. The van der Waals surface area contributed by atoms with Gasteiger partial charge in [0.2, 0.25) is 0 Å². The maximum Gasteiger partial charge on any atom is 0.251 e. The number of nitrogens with one attached hydrogen (secondary N) is 1. The molecule has 0 heterocycles. The lowest BCUT2D eigenvalue weighted by molar-refractivity contribution is 0.0931. The van der Waals surface area contributed by atoms with E-state index in [4.69, 9.17) is 23.2 Å². The Balaban J connectivity index is 1.66. The summed E-state index contributed by atoms with van der Waals surface area (Å²) in [6.45, 7) is 0. The molecule has 0 unspecified atom stereocenters. The number of halogens is 5.